The number of rotatable bonds is 7. The number of hydrogen-bond acceptors (Lipinski definition) is 2. The summed E-state index contributed by atoms with van der Waals surface area (Å²) in [6.07, 6.45) is 5.70. The van der Waals surface area contributed by atoms with Crippen molar-refractivity contribution < 1.29 is 4.74 Å². The molecule has 1 aliphatic carbocycles. The standard InChI is InChI=1S/C11H23NO/c1-9(2)13-8-4-5-11(12-3)10-6-7-10/h9-12H,4-8H2,1-3H3. The molecule has 2 nitrogen and oxygen atoms in total. The molecule has 78 valence electrons. The van der Waals surface area contributed by atoms with E-state index in [2.05, 4.69) is 26.2 Å². The van der Waals surface area contributed by atoms with Gasteiger partial charge in [-0.25, -0.2) is 0 Å². The highest BCUT2D eigenvalue weighted by molar-refractivity contribution is 4.85. The van der Waals surface area contributed by atoms with Crippen LogP contribution in [0.5, 0.6) is 0 Å². The fourth-order valence-corrected chi connectivity index (χ4v) is 1.74. The summed E-state index contributed by atoms with van der Waals surface area (Å²) in [5.74, 6) is 0.962. The molecule has 0 heterocycles. The van der Waals surface area contributed by atoms with E-state index in [4.69, 9.17) is 4.74 Å². The highest BCUT2D eigenvalue weighted by Gasteiger charge is 2.29. The SMILES string of the molecule is CNC(CCCOC(C)C)C1CC1. The van der Waals surface area contributed by atoms with Crippen molar-refractivity contribution in [3.63, 3.8) is 0 Å². The molecule has 0 aliphatic heterocycles. The van der Waals surface area contributed by atoms with Crippen LogP contribution >= 0.6 is 0 Å². The summed E-state index contributed by atoms with van der Waals surface area (Å²) in [5, 5.41) is 3.40. The zero-order valence-electron chi connectivity index (χ0n) is 9.18. The Bertz CT molecular complexity index is 132. The first-order valence-electron chi connectivity index (χ1n) is 5.53. The van der Waals surface area contributed by atoms with Crippen LogP contribution in [-0.2, 0) is 4.74 Å². The summed E-state index contributed by atoms with van der Waals surface area (Å²) >= 11 is 0. The molecule has 0 aromatic heterocycles. The van der Waals surface area contributed by atoms with Crippen LogP contribution in [0.2, 0.25) is 0 Å². The van der Waals surface area contributed by atoms with Gasteiger partial charge in [0.1, 0.15) is 0 Å². The lowest BCUT2D eigenvalue weighted by Gasteiger charge is -2.15. The average molecular weight is 185 g/mol. The van der Waals surface area contributed by atoms with Crippen LogP contribution in [0.3, 0.4) is 0 Å². The second-order valence-electron chi connectivity index (χ2n) is 4.29. The smallest absolute Gasteiger partial charge is 0.0518 e. The van der Waals surface area contributed by atoms with Crippen molar-refractivity contribution in [1.29, 1.82) is 0 Å². The summed E-state index contributed by atoms with van der Waals surface area (Å²) in [4.78, 5) is 0. The molecule has 0 amide bonds. The van der Waals surface area contributed by atoms with Crippen LogP contribution in [-0.4, -0.2) is 25.8 Å². The van der Waals surface area contributed by atoms with Gasteiger partial charge in [-0.3, -0.25) is 0 Å². The predicted molar refractivity (Wildman–Crippen MR) is 55.9 cm³/mol. The van der Waals surface area contributed by atoms with Crippen molar-refractivity contribution in [3.8, 4) is 0 Å². The van der Waals surface area contributed by atoms with E-state index in [0.717, 1.165) is 18.6 Å². The van der Waals surface area contributed by atoms with Crippen LogP contribution in [0.15, 0.2) is 0 Å². The first-order valence-corrected chi connectivity index (χ1v) is 5.53. The topological polar surface area (TPSA) is 21.3 Å². The van der Waals surface area contributed by atoms with Crippen LogP contribution in [0.4, 0.5) is 0 Å². The van der Waals surface area contributed by atoms with E-state index in [1.165, 1.54) is 25.7 Å². The van der Waals surface area contributed by atoms with E-state index in [9.17, 15) is 0 Å². The molecule has 1 N–H and O–H groups in total. The molecule has 1 atom stereocenters. The molecule has 0 aromatic carbocycles. The molecule has 1 fully saturated rings. The van der Waals surface area contributed by atoms with Gasteiger partial charge in [0.05, 0.1) is 6.10 Å². The Morgan fingerprint density at radius 2 is 2.08 bits per heavy atom. The molecular formula is C11H23NO. The zero-order valence-corrected chi connectivity index (χ0v) is 9.18. The quantitative estimate of drug-likeness (QED) is 0.614. The van der Waals surface area contributed by atoms with E-state index >= 15 is 0 Å². The summed E-state index contributed by atoms with van der Waals surface area (Å²) in [6.45, 7) is 5.11. The zero-order chi connectivity index (χ0) is 9.68. The molecule has 0 saturated heterocycles. The first-order chi connectivity index (χ1) is 6.24. The third-order valence-electron chi connectivity index (χ3n) is 2.67. The molecule has 1 saturated carbocycles. The highest BCUT2D eigenvalue weighted by atomic mass is 16.5. The second kappa shape index (κ2) is 5.61. The third kappa shape index (κ3) is 4.63. The van der Waals surface area contributed by atoms with Gasteiger partial charge < -0.3 is 10.1 Å². The van der Waals surface area contributed by atoms with E-state index in [1.54, 1.807) is 0 Å². The molecule has 1 rings (SSSR count). The maximum atomic E-state index is 5.51. The third-order valence-corrected chi connectivity index (χ3v) is 2.67. The van der Waals surface area contributed by atoms with Gasteiger partial charge in [-0.15, -0.1) is 0 Å². The second-order valence-corrected chi connectivity index (χ2v) is 4.29. The Labute approximate surface area is 82.0 Å². The molecule has 2 heteroatoms. The maximum absolute atomic E-state index is 5.51. The predicted octanol–water partition coefficient (Wildman–Crippen LogP) is 2.19. The van der Waals surface area contributed by atoms with Gasteiger partial charge in [-0.05, 0) is 52.5 Å². The Kier molecular flexibility index (Phi) is 4.74. The molecule has 1 unspecified atom stereocenters. The van der Waals surface area contributed by atoms with Crippen molar-refractivity contribution in [2.24, 2.45) is 5.92 Å². The minimum atomic E-state index is 0.383. The Balaban J connectivity index is 1.96. The van der Waals surface area contributed by atoms with Crippen LogP contribution in [0.1, 0.15) is 39.5 Å². The monoisotopic (exact) mass is 185 g/mol. The molecule has 0 aromatic rings. The number of nitrogens with one attached hydrogen (secondary N) is 1. The average Bonchev–Trinajstić information content (AvgIpc) is 2.87. The normalized spacial score (nSPS) is 19.4. The lowest BCUT2D eigenvalue weighted by Crippen LogP contribution is -2.27. The van der Waals surface area contributed by atoms with Gasteiger partial charge in [-0.2, -0.15) is 0 Å². The molecule has 0 radical (unpaired) electrons. The fourth-order valence-electron chi connectivity index (χ4n) is 1.74. The van der Waals surface area contributed by atoms with Crippen LogP contribution in [0, 0.1) is 5.92 Å². The number of ether oxygens (including phenoxy) is 1. The summed E-state index contributed by atoms with van der Waals surface area (Å²) < 4.78 is 5.51. The van der Waals surface area contributed by atoms with Gasteiger partial charge in [0, 0.05) is 12.6 Å². The van der Waals surface area contributed by atoms with Crippen molar-refractivity contribution in [1.82, 2.24) is 5.32 Å². The molecule has 0 bridgehead atoms. The van der Waals surface area contributed by atoms with Gasteiger partial charge in [-0.1, -0.05) is 0 Å². The van der Waals surface area contributed by atoms with Gasteiger partial charge in [0.25, 0.3) is 0 Å². The van der Waals surface area contributed by atoms with Crippen molar-refractivity contribution in [2.45, 2.75) is 51.7 Å². The van der Waals surface area contributed by atoms with Crippen molar-refractivity contribution >= 4 is 0 Å². The molecular weight excluding hydrogens is 162 g/mol. The summed E-state index contributed by atoms with van der Waals surface area (Å²) in [6, 6.07) is 0.746. The minimum Gasteiger partial charge on any atom is -0.379 e. The Morgan fingerprint density at radius 1 is 1.38 bits per heavy atom. The largest absolute Gasteiger partial charge is 0.379 e. The number of hydrogen-bond donors (Lipinski definition) is 1. The Hall–Kier alpha value is -0.0800. The van der Waals surface area contributed by atoms with Gasteiger partial charge in [0.2, 0.25) is 0 Å². The summed E-state index contributed by atoms with van der Waals surface area (Å²) in [5.41, 5.74) is 0. The van der Waals surface area contributed by atoms with Gasteiger partial charge >= 0.3 is 0 Å². The maximum Gasteiger partial charge on any atom is 0.0518 e. The van der Waals surface area contributed by atoms with E-state index < -0.39 is 0 Å². The highest BCUT2D eigenvalue weighted by Crippen LogP contribution is 2.34. The van der Waals surface area contributed by atoms with Crippen LogP contribution in [0.25, 0.3) is 0 Å². The van der Waals surface area contributed by atoms with Crippen molar-refractivity contribution in [2.75, 3.05) is 13.7 Å². The van der Waals surface area contributed by atoms with Gasteiger partial charge in [0.15, 0.2) is 0 Å². The molecule has 13 heavy (non-hydrogen) atoms. The van der Waals surface area contributed by atoms with E-state index in [1.807, 2.05) is 0 Å². The first kappa shape index (κ1) is 11.0. The summed E-state index contributed by atoms with van der Waals surface area (Å²) in [7, 11) is 2.08. The van der Waals surface area contributed by atoms with E-state index in [-0.39, 0.29) is 0 Å². The molecule has 0 spiro atoms. The van der Waals surface area contributed by atoms with Crippen LogP contribution < -0.4 is 5.32 Å². The van der Waals surface area contributed by atoms with E-state index in [0.29, 0.717) is 6.10 Å². The Morgan fingerprint density at radius 3 is 2.54 bits per heavy atom. The lowest BCUT2D eigenvalue weighted by molar-refractivity contribution is 0.0742. The lowest BCUT2D eigenvalue weighted by atomic mass is 10.1. The van der Waals surface area contributed by atoms with Crippen molar-refractivity contribution in [3.05, 3.63) is 0 Å². The fraction of sp³-hybridized carbons (Fsp3) is 1.00. The minimum absolute atomic E-state index is 0.383. The molecule has 1 aliphatic rings.